The maximum absolute atomic E-state index is 12.6. The summed E-state index contributed by atoms with van der Waals surface area (Å²) in [6, 6.07) is 5.35. The van der Waals surface area contributed by atoms with Gasteiger partial charge in [-0.15, -0.1) is 0 Å². The van der Waals surface area contributed by atoms with Crippen LogP contribution in [-0.2, 0) is 9.53 Å². The fourth-order valence-electron chi connectivity index (χ4n) is 2.60. The number of piperidine rings is 1. The van der Waals surface area contributed by atoms with Crippen LogP contribution in [0.3, 0.4) is 0 Å². The van der Waals surface area contributed by atoms with E-state index in [2.05, 4.69) is 17.0 Å². The molecule has 0 saturated carbocycles. The van der Waals surface area contributed by atoms with E-state index >= 15 is 0 Å². The Labute approximate surface area is 135 Å². The van der Waals surface area contributed by atoms with Crippen LogP contribution in [0, 0.1) is 0 Å². The Kier molecular flexibility index (Phi) is 5.66. The number of anilines is 1. The second kappa shape index (κ2) is 7.49. The van der Waals surface area contributed by atoms with E-state index in [9.17, 15) is 9.59 Å². The molecule has 0 radical (unpaired) electrons. The third kappa shape index (κ3) is 3.91. The molecule has 120 valence electrons. The highest BCUT2D eigenvalue weighted by atomic mass is 35.5. The predicted octanol–water partition coefficient (Wildman–Crippen LogP) is 2.94. The van der Waals surface area contributed by atoms with E-state index in [-0.39, 0.29) is 24.5 Å². The molecule has 0 aromatic heterocycles. The smallest absolute Gasteiger partial charge is 0.325 e. The van der Waals surface area contributed by atoms with Crippen LogP contribution in [0.4, 0.5) is 5.69 Å². The number of nitrogens with zero attached hydrogens (tertiary/aromatic N) is 1. The van der Waals surface area contributed by atoms with Gasteiger partial charge in [0.1, 0.15) is 6.54 Å². The van der Waals surface area contributed by atoms with Gasteiger partial charge in [-0.25, -0.2) is 0 Å². The summed E-state index contributed by atoms with van der Waals surface area (Å²) in [5.41, 5.74) is 1.18. The van der Waals surface area contributed by atoms with Crippen molar-refractivity contribution in [2.45, 2.75) is 32.2 Å². The minimum absolute atomic E-state index is 0.0308. The highest BCUT2D eigenvalue weighted by Gasteiger charge is 2.25. The van der Waals surface area contributed by atoms with Gasteiger partial charge >= 0.3 is 5.97 Å². The lowest BCUT2D eigenvalue weighted by atomic mass is 10.0. The standard InChI is InChI=1S/C16H21ClN2O3/c1-11-5-3-4-8-19(11)16(21)13-7-6-12(9-14(13)17)18-10-15(20)22-2/h6-7,9,11,18H,3-5,8,10H2,1-2H3/t11-/m0/s1. The van der Waals surface area contributed by atoms with E-state index in [1.54, 1.807) is 18.2 Å². The van der Waals surface area contributed by atoms with E-state index in [1.807, 2.05) is 4.90 Å². The number of esters is 1. The predicted molar refractivity (Wildman–Crippen MR) is 86.3 cm³/mol. The summed E-state index contributed by atoms with van der Waals surface area (Å²) in [6.45, 7) is 2.90. The van der Waals surface area contributed by atoms with Crippen LogP contribution in [0.1, 0.15) is 36.5 Å². The number of halogens is 1. The largest absolute Gasteiger partial charge is 0.468 e. The van der Waals surface area contributed by atoms with Crippen molar-refractivity contribution in [1.82, 2.24) is 4.90 Å². The summed E-state index contributed by atoms with van der Waals surface area (Å²) >= 11 is 6.24. The summed E-state index contributed by atoms with van der Waals surface area (Å²) in [6.07, 6.45) is 3.23. The lowest BCUT2D eigenvalue weighted by Gasteiger charge is -2.33. The first-order valence-corrected chi connectivity index (χ1v) is 7.82. The average molecular weight is 325 g/mol. The molecule has 1 aromatic carbocycles. The fraction of sp³-hybridized carbons (Fsp3) is 0.500. The van der Waals surface area contributed by atoms with Gasteiger partial charge in [-0.2, -0.15) is 0 Å². The molecule has 1 aliphatic rings. The number of carbonyl (C=O) groups is 2. The Bertz CT molecular complexity index is 562. The number of carbonyl (C=O) groups excluding carboxylic acids is 2. The maximum Gasteiger partial charge on any atom is 0.325 e. The molecule has 6 heteroatoms. The molecule has 1 saturated heterocycles. The molecule has 0 spiro atoms. The molecule has 5 nitrogen and oxygen atoms in total. The van der Waals surface area contributed by atoms with Crippen LogP contribution in [0.15, 0.2) is 18.2 Å². The SMILES string of the molecule is COC(=O)CNc1ccc(C(=O)N2CCCC[C@@H]2C)c(Cl)c1. The Morgan fingerprint density at radius 2 is 2.18 bits per heavy atom. The zero-order valence-corrected chi connectivity index (χ0v) is 13.7. The lowest BCUT2D eigenvalue weighted by Crippen LogP contribution is -2.42. The van der Waals surface area contributed by atoms with E-state index in [4.69, 9.17) is 11.6 Å². The minimum Gasteiger partial charge on any atom is -0.468 e. The third-order valence-corrected chi connectivity index (χ3v) is 4.24. The average Bonchev–Trinajstić information content (AvgIpc) is 2.52. The number of benzene rings is 1. The van der Waals surface area contributed by atoms with E-state index in [0.717, 1.165) is 25.8 Å². The second-order valence-corrected chi connectivity index (χ2v) is 5.87. The molecular weight excluding hydrogens is 304 g/mol. The monoisotopic (exact) mass is 324 g/mol. The number of ether oxygens (including phenoxy) is 1. The number of hydrogen-bond donors (Lipinski definition) is 1. The quantitative estimate of drug-likeness (QED) is 0.865. The van der Waals surface area contributed by atoms with Crippen LogP contribution in [0.2, 0.25) is 5.02 Å². The van der Waals surface area contributed by atoms with Crippen molar-refractivity contribution >= 4 is 29.2 Å². The normalized spacial score (nSPS) is 18.0. The molecule has 2 rings (SSSR count). The lowest BCUT2D eigenvalue weighted by molar-refractivity contribution is -0.138. The molecule has 0 bridgehead atoms. The van der Waals surface area contributed by atoms with Gasteiger partial charge < -0.3 is 15.0 Å². The molecule has 1 aromatic rings. The van der Waals surface area contributed by atoms with Crippen LogP contribution >= 0.6 is 11.6 Å². The van der Waals surface area contributed by atoms with Crippen molar-refractivity contribution in [3.05, 3.63) is 28.8 Å². The topological polar surface area (TPSA) is 58.6 Å². The Balaban J connectivity index is 2.08. The number of rotatable bonds is 4. The molecule has 1 atom stereocenters. The highest BCUT2D eigenvalue weighted by Crippen LogP contribution is 2.25. The van der Waals surface area contributed by atoms with Crippen molar-refractivity contribution in [3.63, 3.8) is 0 Å². The fourth-order valence-corrected chi connectivity index (χ4v) is 2.86. The summed E-state index contributed by atoms with van der Waals surface area (Å²) in [5, 5.41) is 3.29. The van der Waals surface area contributed by atoms with Crippen LogP contribution in [0.5, 0.6) is 0 Å². The minimum atomic E-state index is -0.363. The molecule has 1 N–H and O–H groups in total. The first kappa shape index (κ1) is 16.6. The maximum atomic E-state index is 12.6. The van der Waals surface area contributed by atoms with Gasteiger partial charge in [-0.05, 0) is 44.4 Å². The van der Waals surface area contributed by atoms with Gasteiger partial charge in [0.25, 0.3) is 5.91 Å². The van der Waals surface area contributed by atoms with Gasteiger partial charge in [-0.1, -0.05) is 11.6 Å². The Hall–Kier alpha value is -1.75. The van der Waals surface area contributed by atoms with Crippen LogP contribution < -0.4 is 5.32 Å². The number of nitrogens with one attached hydrogen (secondary N) is 1. The van der Waals surface area contributed by atoms with Crippen LogP contribution in [-0.4, -0.2) is 43.0 Å². The number of likely N-dealkylation sites (tertiary alicyclic amines) is 1. The number of hydrogen-bond acceptors (Lipinski definition) is 4. The number of amides is 1. The zero-order valence-electron chi connectivity index (χ0n) is 12.9. The summed E-state index contributed by atoms with van der Waals surface area (Å²) in [4.78, 5) is 25.6. The van der Waals surface area contributed by atoms with Gasteiger partial charge in [0.05, 0.1) is 17.7 Å². The first-order chi connectivity index (χ1) is 10.5. The highest BCUT2D eigenvalue weighted by molar-refractivity contribution is 6.34. The van der Waals surface area contributed by atoms with Crippen molar-refractivity contribution in [1.29, 1.82) is 0 Å². The summed E-state index contributed by atoms with van der Waals surface area (Å²) in [5.74, 6) is -0.393. The molecule has 1 heterocycles. The van der Waals surface area contributed by atoms with Gasteiger partial charge in [0.2, 0.25) is 0 Å². The molecule has 1 aliphatic heterocycles. The molecule has 0 aliphatic carbocycles. The van der Waals surface area contributed by atoms with Gasteiger partial charge in [0, 0.05) is 18.3 Å². The molecule has 1 fully saturated rings. The van der Waals surface area contributed by atoms with Crippen molar-refractivity contribution < 1.29 is 14.3 Å². The second-order valence-electron chi connectivity index (χ2n) is 5.47. The van der Waals surface area contributed by atoms with Crippen molar-refractivity contribution in [3.8, 4) is 0 Å². The molecule has 1 amide bonds. The first-order valence-electron chi connectivity index (χ1n) is 7.44. The molecule has 22 heavy (non-hydrogen) atoms. The van der Waals surface area contributed by atoms with E-state index in [0.29, 0.717) is 16.3 Å². The van der Waals surface area contributed by atoms with Gasteiger partial charge in [-0.3, -0.25) is 9.59 Å². The molecular formula is C16H21ClN2O3. The van der Waals surface area contributed by atoms with E-state index in [1.165, 1.54) is 7.11 Å². The number of methoxy groups -OCH3 is 1. The summed E-state index contributed by atoms with van der Waals surface area (Å²) in [7, 11) is 1.33. The zero-order chi connectivity index (χ0) is 16.1. The van der Waals surface area contributed by atoms with Gasteiger partial charge in [0.15, 0.2) is 0 Å². The Morgan fingerprint density at radius 3 is 2.82 bits per heavy atom. The Morgan fingerprint density at radius 1 is 1.41 bits per heavy atom. The van der Waals surface area contributed by atoms with Crippen molar-refractivity contribution in [2.75, 3.05) is 25.5 Å². The molecule has 0 unspecified atom stereocenters. The third-order valence-electron chi connectivity index (χ3n) is 3.93. The van der Waals surface area contributed by atoms with Crippen LogP contribution in [0.25, 0.3) is 0 Å². The summed E-state index contributed by atoms with van der Waals surface area (Å²) < 4.78 is 4.56. The van der Waals surface area contributed by atoms with Crippen molar-refractivity contribution in [2.24, 2.45) is 0 Å². The van der Waals surface area contributed by atoms with E-state index < -0.39 is 0 Å².